The van der Waals surface area contributed by atoms with E-state index in [4.69, 9.17) is 10.6 Å². The second-order valence-electron chi connectivity index (χ2n) is 4.30. The second kappa shape index (κ2) is 5.73. The first kappa shape index (κ1) is 14.5. The molecular formula is C9H12N6O4S2. The van der Waals surface area contributed by atoms with Gasteiger partial charge >= 0.3 is 4.87 Å². The third-order valence-corrected chi connectivity index (χ3v) is 5.08. The zero-order chi connectivity index (χ0) is 15.0. The average molecular weight is 332 g/mol. The predicted octanol–water partition coefficient (Wildman–Crippen LogP) is -0.834. The largest absolute Gasteiger partial charge is 0.341 e. The number of carbonyl (C=O) groups excluding carboxylic acids is 1. The summed E-state index contributed by atoms with van der Waals surface area (Å²) in [5.74, 6) is 5.77. The number of rotatable bonds is 4. The molecule has 1 aromatic heterocycles. The van der Waals surface area contributed by atoms with Gasteiger partial charge in [-0.3, -0.25) is 20.0 Å². The van der Waals surface area contributed by atoms with Gasteiger partial charge in [-0.1, -0.05) is 16.5 Å². The minimum atomic E-state index is -0.674. The second-order valence-corrected chi connectivity index (χ2v) is 6.45. The Morgan fingerprint density at radius 1 is 1.48 bits per heavy atom. The standard InChI is InChI=1S/C9H12N6O4S2/c10-14-8-12-6-5(7(16)13-8)21-9(17)15(6)3-2-20-4(19-3)1-11-18/h3-4,8,12,14H,1-2,10H2,(H,13,16)/t3-,4+,8?/m1/s1. The number of hydrogen-bond donors (Lipinski definition) is 4. The highest BCUT2D eigenvalue weighted by molar-refractivity contribution is 8.00. The summed E-state index contributed by atoms with van der Waals surface area (Å²) in [6.45, 7) is 0.0170. The van der Waals surface area contributed by atoms with Gasteiger partial charge in [-0.25, -0.2) is 5.43 Å². The van der Waals surface area contributed by atoms with Crippen molar-refractivity contribution in [1.82, 2.24) is 15.3 Å². The number of aromatic nitrogens is 1. The van der Waals surface area contributed by atoms with E-state index in [9.17, 15) is 14.5 Å². The molecule has 2 aliphatic rings. The number of thiazole rings is 1. The molecule has 1 unspecified atom stereocenters. The average Bonchev–Trinajstić information content (AvgIpc) is 3.03. The van der Waals surface area contributed by atoms with E-state index in [0.717, 1.165) is 11.3 Å². The minimum absolute atomic E-state index is 0.0170. The van der Waals surface area contributed by atoms with Crippen molar-refractivity contribution in [3.05, 3.63) is 19.5 Å². The maximum atomic E-state index is 12.1. The Morgan fingerprint density at radius 3 is 3.00 bits per heavy atom. The quantitative estimate of drug-likeness (QED) is 0.318. The Morgan fingerprint density at radius 2 is 2.29 bits per heavy atom. The van der Waals surface area contributed by atoms with Gasteiger partial charge in [0.15, 0.2) is 6.29 Å². The van der Waals surface area contributed by atoms with Crippen molar-refractivity contribution in [2.24, 2.45) is 11.0 Å². The van der Waals surface area contributed by atoms with Gasteiger partial charge in [0.05, 0.1) is 0 Å². The summed E-state index contributed by atoms with van der Waals surface area (Å²) in [6, 6.07) is 0. The Kier molecular flexibility index (Phi) is 3.95. The third kappa shape index (κ3) is 2.55. The lowest BCUT2D eigenvalue weighted by Crippen LogP contribution is -2.56. The Balaban J connectivity index is 1.92. The Bertz CT molecular complexity index is 630. The lowest BCUT2D eigenvalue weighted by molar-refractivity contribution is 0.0228. The fraction of sp³-hybridized carbons (Fsp3) is 0.556. The zero-order valence-electron chi connectivity index (χ0n) is 10.6. The summed E-state index contributed by atoms with van der Waals surface area (Å²) in [5.41, 5.74) is 2.00. The molecule has 21 heavy (non-hydrogen) atoms. The van der Waals surface area contributed by atoms with Gasteiger partial charge in [-0.15, -0.1) is 11.8 Å². The molecule has 2 aliphatic heterocycles. The van der Waals surface area contributed by atoms with Crippen LogP contribution in [0.4, 0.5) is 5.82 Å². The topological polar surface area (TPSA) is 140 Å². The summed E-state index contributed by atoms with van der Waals surface area (Å²) in [5, 5.41) is 8.27. The summed E-state index contributed by atoms with van der Waals surface area (Å²) >= 11 is 2.23. The van der Waals surface area contributed by atoms with Crippen LogP contribution in [0, 0.1) is 4.91 Å². The van der Waals surface area contributed by atoms with Gasteiger partial charge in [-0.05, 0) is 0 Å². The van der Waals surface area contributed by atoms with Crippen LogP contribution < -0.4 is 26.8 Å². The number of hydrazine groups is 1. The fourth-order valence-electron chi connectivity index (χ4n) is 2.12. The van der Waals surface area contributed by atoms with E-state index in [-0.39, 0.29) is 27.6 Å². The normalized spacial score (nSPS) is 27.9. The van der Waals surface area contributed by atoms with Crippen molar-refractivity contribution in [3.8, 4) is 0 Å². The van der Waals surface area contributed by atoms with Crippen LogP contribution in [-0.2, 0) is 4.74 Å². The third-order valence-electron chi connectivity index (χ3n) is 3.02. The number of thioether (sulfide) groups is 1. The summed E-state index contributed by atoms with van der Waals surface area (Å²) in [4.78, 5) is 34.3. The molecule has 0 radical (unpaired) electrons. The molecule has 3 heterocycles. The Hall–Kier alpha value is -1.47. The lowest BCUT2D eigenvalue weighted by Gasteiger charge is -2.26. The van der Waals surface area contributed by atoms with E-state index in [1.807, 2.05) is 0 Å². The lowest BCUT2D eigenvalue weighted by atomic mass is 10.3. The van der Waals surface area contributed by atoms with Crippen LogP contribution >= 0.6 is 23.1 Å². The molecule has 1 saturated heterocycles. The fourth-order valence-corrected chi connectivity index (χ4v) is 3.99. The summed E-state index contributed by atoms with van der Waals surface area (Å²) in [7, 11) is 0. The first-order valence-electron chi connectivity index (χ1n) is 5.99. The molecule has 5 N–H and O–H groups in total. The van der Waals surface area contributed by atoms with E-state index < -0.39 is 12.5 Å². The molecule has 114 valence electrons. The maximum Gasteiger partial charge on any atom is 0.311 e. The molecule has 1 aromatic rings. The molecule has 0 bridgehead atoms. The molecule has 10 nitrogen and oxygen atoms in total. The van der Waals surface area contributed by atoms with Crippen molar-refractivity contribution < 1.29 is 9.53 Å². The highest BCUT2D eigenvalue weighted by atomic mass is 32.2. The van der Waals surface area contributed by atoms with Gasteiger partial charge < -0.3 is 15.4 Å². The zero-order valence-corrected chi connectivity index (χ0v) is 12.2. The van der Waals surface area contributed by atoms with E-state index in [2.05, 4.69) is 21.2 Å². The van der Waals surface area contributed by atoms with E-state index in [1.165, 1.54) is 16.3 Å². The van der Waals surface area contributed by atoms with Gasteiger partial charge in [0, 0.05) is 5.75 Å². The number of hydrogen-bond acceptors (Lipinski definition) is 10. The molecule has 0 spiro atoms. The van der Waals surface area contributed by atoms with E-state index in [0.29, 0.717) is 11.6 Å². The molecule has 0 saturated carbocycles. The van der Waals surface area contributed by atoms with Gasteiger partial charge in [-0.2, -0.15) is 4.91 Å². The van der Waals surface area contributed by atoms with Gasteiger partial charge in [0.1, 0.15) is 28.9 Å². The molecule has 1 amide bonds. The SMILES string of the molecule is NNC1NC(=O)c2sc(=O)n([C@H]3CS[C@@H](CN=O)O3)c2N1. The van der Waals surface area contributed by atoms with Crippen molar-refractivity contribution >= 4 is 34.8 Å². The predicted molar refractivity (Wildman–Crippen MR) is 77.8 cm³/mol. The van der Waals surface area contributed by atoms with E-state index >= 15 is 0 Å². The van der Waals surface area contributed by atoms with Crippen LogP contribution in [0.2, 0.25) is 0 Å². The number of carbonyl (C=O) groups is 1. The van der Waals surface area contributed by atoms with Crippen LogP contribution in [0.1, 0.15) is 15.9 Å². The smallest absolute Gasteiger partial charge is 0.311 e. The number of fused-ring (bicyclic) bond motifs is 1. The van der Waals surface area contributed by atoms with Crippen molar-refractivity contribution in [3.63, 3.8) is 0 Å². The number of nitrogens with zero attached hydrogens (tertiary/aromatic N) is 2. The van der Waals surface area contributed by atoms with Gasteiger partial charge in [0.2, 0.25) is 0 Å². The minimum Gasteiger partial charge on any atom is -0.341 e. The van der Waals surface area contributed by atoms with Crippen LogP contribution in [0.5, 0.6) is 0 Å². The van der Waals surface area contributed by atoms with Crippen LogP contribution in [0.3, 0.4) is 0 Å². The molecule has 12 heteroatoms. The first-order valence-corrected chi connectivity index (χ1v) is 7.85. The Labute approximate surface area is 126 Å². The molecule has 0 aromatic carbocycles. The van der Waals surface area contributed by atoms with Crippen molar-refractivity contribution in [2.75, 3.05) is 17.6 Å². The molecule has 3 rings (SSSR count). The maximum absolute atomic E-state index is 12.1. The highest BCUT2D eigenvalue weighted by Gasteiger charge is 2.35. The molecule has 1 fully saturated rings. The number of nitrogens with one attached hydrogen (secondary N) is 3. The van der Waals surface area contributed by atoms with Crippen LogP contribution in [-0.4, -0.2) is 34.5 Å². The summed E-state index contributed by atoms with van der Waals surface area (Å²) in [6.07, 6.45) is -1.22. The number of nitroso groups, excluding NO2 is 1. The summed E-state index contributed by atoms with van der Waals surface area (Å²) < 4.78 is 6.99. The van der Waals surface area contributed by atoms with Crippen molar-refractivity contribution in [2.45, 2.75) is 18.0 Å². The van der Waals surface area contributed by atoms with Crippen molar-refractivity contribution in [1.29, 1.82) is 0 Å². The van der Waals surface area contributed by atoms with E-state index in [1.54, 1.807) is 0 Å². The number of anilines is 1. The first-order chi connectivity index (χ1) is 10.1. The molecule has 0 aliphatic carbocycles. The number of nitrogens with two attached hydrogens (primary N) is 1. The molecular weight excluding hydrogens is 320 g/mol. The number of amides is 1. The molecule has 3 atom stereocenters. The monoisotopic (exact) mass is 332 g/mol. The van der Waals surface area contributed by atoms with Crippen LogP contribution in [0.15, 0.2) is 9.97 Å². The van der Waals surface area contributed by atoms with Gasteiger partial charge in [0.25, 0.3) is 5.91 Å². The number of ether oxygens (including phenoxy) is 1. The van der Waals surface area contributed by atoms with Crippen LogP contribution in [0.25, 0.3) is 0 Å². The highest BCUT2D eigenvalue weighted by Crippen LogP contribution is 2.35.